The van der Waals surface area contributed by atoms with E-state index in [1.165, 1.54) is 29.9 Å². The number of aromatic nitrogens is 1. The molecule has 6 rings (SSSR count). The summed E-state index contributed by atoms with van der Waals surface area (Å²) in [6.45, 7) is 4.02. The summed E-state index contributed by atoms with van der Waals surface area (Å²) in [5.74, 6) is 5.26. The molecule has 0 bridgehead atoms. The van der Waals surface area contributed by atoms with Crippen molar-refractivity contribution in [1.82, 2.24) is 14.2 Å². The minimum Gasteiger partial charge on any atom is -0.495 e. The number of hydrogen-bond acceptors (Lipinski definition) is 8. The van der Waals surface area contributed by atoms with E-state index >= 15 is 0 Å². The zero-order valence-electron chi connectivity index (χ0n) is 27.7. The first-order chi connectivity index (χ1) is 23.3. The van der Waals surface area contributed by atoms with Crippen molar-refractivity contribution in [3.63, 3.8) is 0 Å². The van der Waals surface area contributed by atoms with E-state index in [2.05, 4.69) is 27.4 Å². The van der Waals surface area contributed by atoms with E-state index in [0.717, 1.165) is 77.4 Å². The highest BCUT2D eigenvalue weighted by atomic mass is 32.2. The minimum absolute atomic E-state index is 0.0436. The van der Waals surface area contributed by atoms with Crippen molar-refractivity contribution in [1.29, 1.82) is 0 Å². The van der Waals surface area contributed by atoms with E-state index < -0.39 is 28.7 Å². The van der Waals surface area contributed by atoms with Gasteiger partial charge >= 0.3 is 6.18 Å². The molecular formula is C35H42F3N5O5S. The molecule has 0 radical (unpaired) electrons. The average Bonchev–Trinajstić information content (AvgIpc) is 3.38. The van der Waals surface area contributed by atoms with Crippen LogP contribution in [0.25, 0.3) is 10.9 Å². The van der Waals surface area contributed by atoms with Crippen LogP contribution in [0, 0.1) is 17.3 Å². The Morgan fingerprint density at radius 3 is 2.47 bits per heavy atom. The van der Waals surface area contributed by atoms with Gasteiger partial charge in [-0.15, -0.1) is 0 Å². The zero-order chi connectivity index (χ0) is 34.8. The Balaban J connectivity index is 1.13. The number of amides is 1. The maximum Gasteiger partial charge on any atom is 0.406 e. The number of ether oxygens (including phenoxy) is 2. The van der Waals surface area contributed by atoms with E-state index in [0.29, 0.717) is 28.0 Å². The maximum atomic E-state index is 13.7. The van der Waals surface area contributed by atoms with Crippen molar-refractivity contribution in [2.24, 2.45) is 5.41 Å². The number of hydrogen-bond donors (Lipinski definition) is 3. The van der Waals surface area contributed by atoms with Crippen LogP contribution >= 0.6 is 0 Å². The lowest BCUT2D eigenvalue weighted by Crippen LogP contribution is -2.62. The number of methoxy groups -OCH3 is 1. The molecule has 1 spiro atoms. The van der Waals surface area contributed by atoms with Crippen LogP contribution in [0.5, 0.6) is 5.75 Å². The van der Waals surface area contributed by atoms with Gasteiger partial charge < -0.3 is 24.7 Å². The number of sulfonamides is 1. The second-order valence-corrected chi connectivity index (χ2v) is 15.0. The Morgan fingerprint density at radius 2 is 1.80 bits per heavy atom. The second-order valence-electron chi connectivity index (χ2n) is 13.3. The topological polar surface area (TPSA) is 114 Å². The predicted molar refractivity (Wildman–Crippen MR) is 181 cm³/mol. The number of halogens is 3. The number of carbonyl (C=O) groups is 1. The molecule has 3 aromatic rings. The smallest absolute Gasteiger partial charge is 0.406 e. The average molecular weight is 702 g/mol. The van der Waals surface area contributed by atoms with Crippen LogP contribution in [-0.4, -0.2) is 82.0 Å². The fourth-order valence-corrected chi connectivity index (χ4v) is 8.38. The van der Waals surface area contributed by atoms with Crippen LogP contribution < -0.4 is 20.1 Å². The Hall–Kier alpha value is -3.93. The first kappa shape index (κ1) is 34.9. The number of anilines is 2. The van der Waals surface area contributed by atoms with E-state index in [9.17, 15) is 26.4 Å². The van der Waals surface area contributed by atoms with Crippen LogP contribution in [0.4, 0.5) is 24.5 Å². The van der Waals surface area contributed by atoms with E-state index in [1.54, 1.807) is 18.2 Å². The van der Waals surface area contributed by atoms with Gasteiger partial charge in [-0.05, 0) is 74.8 Å². The van der Waals surface area contributed by atoms with Crippen molar-refractivity contribution >= 4 is 38.2 Å². The summed E-state index contributed by atoms with van der Waals surface area (Å²) in [5.41, 5.74) is 2.35. The molecule has 3 aliphatic rings. The summed E-state index contributed by atoms with van der Waals surface area (Å²) in [7, 11) is -2.70. The molecule has 1 saturated carbocycles. The molecule has 2 aromatic carbocycles. The molecule has 2 saturated heterocycles. The number of benzene rings is 2. The quantitative estimate of drug-likeness (QED) is 0.257. The van der Waals surface area contributed by atoms with Gasteiger partial charge in [0.1, 0.15) is 12.3 Å². The third-order valence-electron chi connectivity index (χ3n) is 9.83. The SMILES string of the molecule is COc1cc(S(=O)(=O)NC(C)=O)ccc1NCC#Cc1cc2c(N[C@H]3CC[C@@H](N4CC5(CCOCC5)C4)CC3)cccc2n1CC(F)(F)F. The van der Waals surface area contributed by atoms with Crippen molar-refractivity contribution in [3.8, 4) is 17.6 Å². The highest BCUT2D eigenvalue weighted by Gasteiger charge is 2.46. The largest absolute Gasteiger partial charge is 0.495 e. The molecule has 14 heteroatoms. The predicted octanol–water partition coefficient (Wildman–Crippen LogP) is 5.34. The van der Waals surface area contributed by atoms with Crippen LogP contribution in [0.2, 0.25) is 0 Å². The van der Waals surface area contributed by atoms with Crippen LogP contribution in [0.15, 0.2) is 47.4 Å². The van der Waals surface area contributed by atoms with Gasteiger partial charge in [0.05, 0.1) is 35.4 Å². The molecule has 2 aliphatic heterocycles. The number of rotatable bonds is 9. The normalized spacial score (nSPS) is 21.0. The minimum atomic E-state index is -4.45. The van der Waals surface area contributed by atoms with E-state index in [4.69, 9.17) is 9.47 Å². The van der Waals surface area contributed by atoms with Gasteiger partial charge in [-0.25, -0.2) is 13.1 Å². The highest BCUT2D eigenvalue weighted by Crippen LogP contribution is 2.43. The first-order valence-electron chi connectivity index (χ1n) is 16.6. The number of carbonyl (C=O) groups excluding carboxylic acids is 1. The second kappa shape index (κ2) is 14.1. The van der Waals surface area contributed by atoms with Crippen molar-refractivity contribution in [2.45, 2.75) is 75.1 Å². The van der Waals surface area contributed by atoms with Crippen LogP contribution in [0.1, 0.15) is 51.1 Å². The van der Waals surface area contributed by atoms with Gasteiger partial charge in [0, 0.05) is 67.9 Å². The van der Waals surface area contributed by atoms with Gasteiger partial charge in [-0.3, -0.25) is 9.69 Å². The van der Waals surface area contributed by atoms with Crippen molar-refractivity contribution < 1.29 is 35.9 Å². The summed E-state index contributed by atoms with van der Waals surface area (Å²) in [6, 6.07) is 11.9. The highest BCUT2D eigenvalue weighted by molar-refractivity contribution is 7.90. The first-order valence-corrected chi connectivity index (χ1v) is 18.0. The lowest BCUT2D eigenvalue weighted by atomic mass is 9.71. The van der Waals surface area contributed by atoms with Crippen molar-refractivity contribution in [3.05, 3.63) is 48.2 Å². The molecule has 3 heterocycles. The lowest BCUT2D eigenvalue weighted by molar-refractivity contribution is -0.140. The molecular weight excluding hydrogens is 659 g/mol. The lowest BCUT2D eigenvalue weighted by Gasteiger charge is -2.56. The molecule has 3 N–H and O–H groups in total. The molecule has 1 amide bonds. The monoisotopic (exact) mass is 701 g/mol. The maximum absolute atomic E-state index is 13.7. The Bertz CT molecular complexity index is 1840. The summed E-state index contributed by atoms with van der Waals surface area (Å²) >= 11 is 0. The summed E-state index contributed by atoms with van der Waals surface area (Å²) < 4.78 is 79.9. The standard InChI is InChI=1S/C35H42F3N5O5S/c1-24(44)41-49(45,46)28-12-13-31(33(20-28)47-2)39-16-4-5-27-19-29-30(6-3-7-32(29)43(27)23-35(36,37)38)40-25-8-10-26(11-9-25)42-21-34(22-42)14-17-48-18-15-34/h3,6-7,12-13,19-20,25-26,39-40H,8-11,14-18,21-23H2,1-2H3,(H,41,44)/t25-,26+. The molecule has 49 heavy (non-hydrogen) atoms. The van der Waals surface area contributed by atoms with Crippen molar-refractivity contribution in [2.75, 3.05) is 50.6 Å². The van der Waals surface area contributed by atoms with E-state index in [1.807, 2.05) is 10.8 Å². The van der Waals surface area contributed by atoms with Gasteiger partial charge in [-0.1, -0.05) is 12.0 Å². The molecule has 1 aliphatic carbocycles. The number of fused-ring (bicyclic) bond motifs is 1. The molecule has 264 valence electrons. The third-order valence-corrected chi connectivity index (χ3v) is 11.3. The van der Waals surface area contributed by atoms with Gasteiger partial charge in [0.2, 0.25) is 5.91 Å². The number of likely N-dealkylation sites (tertiary alicyclic amines) is 1. The summed E-state index contributed by atoms with van der Waals surface area (Å²) in [4.78, 5) is 13.7. The Labute approximate surface area is 284 Å². The zero-order valence-corrected chi connectivity index (χ0v) is 28.5. The Morgan fingerprint density at radius 1 is 1.06 bits per heavy atom. The Kier molecular flexibility index (Phi) is 10.1. The number of alkyl halides is 3. The van der Waals surface area contributed by atoms with Crippen LogP contribution in [0.3, 0.4) is 0 Å². The fraction of sp³-hybridized carbons (Fsp3) is 0.514. The number of nitrogens with zero attached hydrogens (tertiary/aromatic N) is 2. The van der Waals surface area contributed by atoms with Gasteiger partial charge in [0.15, 0.2) is 0 Å². The van der Waals surface area contributed by atoms with Gasteiger partial charge in [0.25, 0.3) is 10.0 Å². The molecule has 0 unspecified atom stereocenters. The van der Waals surface area contributed by atoms with Gasteiger partial charge in [-0.2, -0.15) is 13.2 Å². The number of nitrogens with one attached hydrogen (secondary N) is 3. The molecule has 0 atom stereocenters. The van der Waals surface area contributed by atoms with Crippen LogP contribution in [-0.2, 0) is 26.1 Å². The fourth-order valence-electron chi connectivity index (χ4n) is 7.37. The summed E-state index contributed by atoms with van der Waals surface area (Å²) in [6.07, 6.45) is 2.04. The third kappa shape index (κ3) is 8.11. The molecule has 10 nitrogen and oxygen atoms in total. The molecule has 3 fully saturated rings. The summed E-state index contributed by atoms with van der Waals surface area (Å²) in [5, 5.41) is 7.35. The van der Waals surface area contributed by atoms with E-state index in [-0.39, 0.29) is 28.9 Å². The molecule has 1 aromatic heterocycles.